The maximum atomic E-state index is 12.4. The van der Waals surface area contributed by atoms with Gasteiger partial charge in [-0.1, -0.05) is 12.1 Å². The van der Waals surface area contributed by atoms with Gasteiger partial charge in [-0.25, -0.2) is 0 Å². The number of thioether (sulfide) groups is 1. The molecule has 0 spiro atoms. The van der Waals surface area contributed by atoms with Crippen LogP contribution >= 0.6 is 11.8 Å². The number of hydrogen-bond acceptors (Lipinski definition) is 5. The van der Waals surface area contributed by atoms with Crippen LogP contribution in [0.2, 0.25) is 0 Å². The van der Waals surface area contributed by atoms with E-state index in [1.165, 1.54) is 0 Å². The molecule has 0 aliphatic carbocycles. The lowest BCUT2D eigenvalue weighted by molar-refractivity contribution is -0.125. The van der Waals surface area contributed by atoms with E-state index in [0.717, 1.165) is 11.3 Å². The van der Waals surface area contributed by atoms with Crippen molar-refractivity contribution in [2.24, 2.45) is 0 Å². The van der Waals surface area contributed by atoms with Crippen molar-refractivity contribution in [1.82, 2.24) is 15.5 Å². The minimum absolute atomic E-state index is 0.0106. The Bertz CT molecular complexity index is 597. The number of amides is 2. The van der Waals surface area contributed by atoms with E-state index in [4.69, 9.17) is 0 Å². The van der Waals surface area contributed by atoms with Crippen molar-refractivity contribution in [3.63, 3.8) is 0 Å². The lowest BCUT2D eigenvalue weighted by Gasteiger charge is -2.23. The van der Waals surface area contributed by atoms with Gasteiger partial charge in [-0.3, -0.25) is 14.5 Å². The van der Waals surface area contributed by atoms with Crippen LogP contribution in [0.3, 0.4) is 0 Å². The molecule has 0 aromatic heterocycles. The number of nitrogens with zero attached hydrogens (tertiary/aromatic N) is 1. The zero-order valence-electron chi connectivity index (χ0n) is 14.8. The van der Waals surface area contributed by atoms with Crippen LogP contribution in [0.25, 0.3) is 0 Å². The van der Waals surface area contributed by atoms with E-state index in [0.29, 0.717) is 32.5 Å². The normalized spacial score (nSPS) is 20.4. The molecule has 2 atom stereocenters. The number of carbonyl (C=O) groups excluding carboxylic acids is 2. The first-order valence-electron chi connectivity index (χ1n) is 8.61. The summed E-state index contributed by atoms with van der Waals surface area (Å²) in [4.78, 5) is 26.5. The summed E-state index contributed by atoms with van der Waals surface area (Å²) in [5, 5.41) is 15.6. The number of hydrogen-bond donors (Lipinski definition) is 3. The second-order valence-corrected chi connectivity index (χ2v) is 7.24. The van der Waals surface area contributed by atoms with E-state index in [1.54, 1.807) is 30.0 Å². The highest BCUT2D eigenvalue weighted by molar-refractivity contribution is 7.98. The van der Waals surface area contributed by atoms with Crippen LogP contribution in [-0.4, -0.2) is 59.0 Å². The molecule has 3 N–H and O–H groups in total. The minimum Gasteiger partial charge on any atom is -0.508 e. The Balaban J connectivity index is 2.03. The Morgan fingerprint density at radius 1 is 1.40 bits per heavy atom. The van der Waals surface area contributed by atoms with Crippen molar-refractivity contribution in [1.29, 1.82) is 0 Å². The van der Waals surface area contributed by atoms with E-state index in [9.17, 15) is 14.7 Å². The van der Waals surface area contributed by atoms with Gasteiger partial charge in [0.2, 0.25) is 11.8 Å². The summed E-state index contributed by atoms with van der Waals surface area (Å²) in [6.45, 7) is 3.67. The quantitative estimate of drug-likeness (QED) is 0.648. The van der Waals surface area contributed by atoms with E-state index in [-0.39, 0.29) is 29.6 Å². The molecule has 0 bridgehead atoms. The average Bonchev–Trinajstić information content (AvgIpc) is 2.95. The van der Waals surface area contributed by atoms with Gasteiger partial charge >= 0.3 is 0 Å². The van der Waals surface area contributed by atoms with E-state index in [1.807, 2.05) is 19.2 Å². The fourth-order valence-corrected chi connectivity index (χ4v) is 3.52. The minimum atomic E-state index is -0.270. The SMILES string of the molecule is CCNC(=O)[C@@H]1C[C@H](NC(=O)CCSC)CN1Cc1cccc(O)c1. The molecule has 0 saturated carbocycles. The van der Waals surface area contributed by atoms with Crippen LogP contribution < -0.4 is 10.6 Å². The average molecular weight is 365 g/mol. The van der Waals surface area contributed by atoms with Gasteiger partial charge in [0.05, 0.1) is 6.04 Å². The Hall–Kier alpha value is -1.73. The lowest BCUT2D eigenvalue weighted by Crippen LogP contribution is -2.42. The number of likely N-dealkylation sites (N-methyl/N-ethyl adjacent to an activating group) is 1. The van der Waals surface area contributed by atoms with Crippen molar-refractivity contribution in [2.45, 2.75) is 38.4 Å². The fourth-order valence-electron chi connectivity index (χ4n) is 3.13. The Labute approximate surface area is 153 Å². The van der Waals surface area contributed by atoms with Gasteiger partial charge < -0.3 is 15.7 Å². The van der Waals surface area contributed by atoms with E-state index >= 15 is 0 Å². The number of benzene rings is 1. The predicted molar refractivity (Wildman–Crippen MR) is 101 cm³/mol. The number of phenols is 1. The lowest BCUT2D eigenvalue weighted by atomic mass is 10.1. The van der Waals surface area contributed by atoms with Crippen LogP contribution in [0.15, 0.2) is 24.3 Å². The molecule has 25 heavy (non-hydrogen) atoms. The molecule has 6 nitrogen and oxygen atoms in total. The standard InChI is InChI=1S/C18H27N3O3S/c1-3-19-18(24)16-10-14(20-17(23)7-8-25-2)12-21(16)11-13-5-4-6-15(22)9-13/h4-6,9,14,16,22H,3,7-8,10-12H2,1-2H3,(H,19,24)(H,20,23)/t14-,16-/m0/s1. The van der Waals surface area contributed by atoms with Crippen molar-refractivity contribution >= 4 is 23.6 Å². The third-order valence-electron chi connectivity index (χ3n) is 4.25. The maximum Gasteiger partial charge on any atom is 0.237 e. The highest BCUT2D eigenvalue weighted by Crippen LogP contribution is 2.22. The molecule has 1 fully saturated rings. The number of carbonyl (C=O) groups is 2. The monoisotopic (exact) mass is 365 g/mol. The summed E-state index contributed by atoms with van der Waals surface area (Å²) in [7, 11) is 0. The molecule has 1 aromatic carbocycles. The summed E-state index contributed by atoms with van der Waals surface area (Å²) >= 11 is 1.64. The molecule has 1 aliphatic rings. The van der Waals surface area contributed by atoms with Crippen LogP contribution in [0.4, 0.5) is 0 Å². The molecule has 1 saturated heterocycles. The Kier molecular flexibility index (Phi) is 7.58. The third kappa shape index (κ3) is 5.93. The zero-order valence-corrected chi connectivity index (χ0v) is 15.6. The van der Waals surface area contributed by atoms with Gasteiger partial charge in [0, 0.05) is 37.8 Å². The molecular weight excluding hydrogens is 338 g/mol. The van der Waals surface area contributed by atoms with Gasteiger partial charge in [-0.05, 0) is 37.3 Å². The van der Waals surface area contributed by atoms with E-state index in [2.05, 4.69) is 15.5 Å². The first-order chi connectivity index (χ1) is 12.0. The summed E-state index contributed by atoms with van der Waals surface area (Å²) in [6.07, 6.45) is 3.08. The summed E-state index contributed by atoms with van der Waals surface area (Å²) in [5.41, 5.74) is 0.948. The van der Waals surface area contributed by atoms with Crippen molar-refractivity contribution < 1.29 is 14.7 Å². The highest BCUT2D eigenvalue weighted by atomic mass is 32.2. The second-order valence-electron chi connectivity index (χ2n) is 6.25. The predicted octanol–water partition coefficient (Wildman–Crippen LogP) is 1.34. The highest BCUT2D eigenvalue weighted by Gasteiger charge is 2.37. The van der Waals surface area contributed by atoms with Gasteiger partial charge in [0.1, 0.15) is 5.75 Å². The van der Waals surface area contributed by atoms with Gasteiger partial charge in [0.25, 0.3) is 0 Å². The molecule has 0 radical (unpaired) electrons. The number of likely N-dealkylation sites (tertiary alicyclic amines) is 1. The van der Waals surface area contributed by atoms with Crippen molar-refractivity contribution in [2.75, 3.05) is 25.1 Å². The Morgan fingerprint density at radius 3 is 2.88 bits per heavy atom. The van der Waals surface area contributed by atoms with Gasteiger partial charge in [-0.2, -0.15) is 11.8 Å². The van der Waals surface area contributed by atoms with Crippen LogP contribution in [-0.2, 0) is 16.1 Å². The van der Waals surface area contributed by atoms with Crippen molar-refractivity contribution in [3.8, 4) is 5.75 Å². The number of aromatic hydroxyl groups is 1. The number of phenolic OH excluding ortho intramolecular Hbond substituents is 1. The number of rotatable bonds is 8. The zero-order chi connectivity index (χ0) is 18.2. The summed E-state index contributed by atoms with van der Waals surface area (Å²) in [5.74, 6) is 1.04. The maximum absolute atomic E-state index is 12.4. The van der Waals surface area contributed by atoms with Crippen LogP contribution in [0.5, 0.6) is 5.75 Å². The first-order valence-corrected chi connectivity index (χ1v) is 10.0. The molecule has 1 aliphatic heterocycles. The third-order valence-corrected chi connectivity index (χ3v) is 4.86. The summed E-state index contributed by atoms with van der Waals surface area (Å²) in [6, 6.07) is 6.76. The van der Waals surface area contributed by atoms with Gasteiger partial charge in [-0.15, -0.1) is 0 Å². The van der Waals surface area contributed by atoms with Crippen molar-refractivity contribution in [3.05, 3.63) is 29.8 Å². The molecule has 138 valence electrons. The molecule has 2 amide bonds. The topological polar surface area (TPSA) is 81.7 Å². The molecule has 7 heteroatoms. The largest absolute Gasteiger partial charge is 0.508 e. The Morgan fingerprint density at radius 2 is 2.20 bits per heavy atom. The number of nitrogens with one attached hydrogen (secondary N) is 2. The smallest absolute Gasteiger partial charge is 0.237 e. The second kappa shape index (κ2) is 9.68. The van der Waals surface area contributed by atoms with E-state index < -0.39 is 0 Å². The van der Waals surface area contributed by atoms with Gasteiger partial charge in [0.15, 0.2) is 0 Å². The molecule has 2 rings (SSSR count). The fraction of sp³-hybridized carbons (Fsp3) is 0.556. The van der Waals surface area contributed by atoms with Crippen LogP contribution in [0, 0.1) is 0 Å². The first kappa shape index (κ1) is 19.6. The molecular formula is C18H27N3O3S. The molecule has 1 heterocycles. The van der Waals surface area contributed by atoms with Crippen LogP contribution in [0.1, 0.15) is 25.3 Å². The summed E-state index contributed by atoms with van der Waals surface area (Å²) < 4.78 is 0. The molecule has 1 aromatic rings. The molecule has 0 unspecified atom stereocenters.